The fraction of sp³-hybridized carbons (Fsp3) is 0.353. The number of furan rings is 1. The second-order valence-corrected chi connectivity index (χ2v) is 4.88. The van der Waals surface area contributed by atoms with Gasteiger partial charge in [0.2, 0.25) is 0 Å². The molecule has 0 saturated heterocycles. The summed E-state index contributed by atoms with van der Waals surface area (Å²) in [5, 5.41) is 12.2. The van der Waals surface area contributed by atoms with Crippen LogP contribution in [0.5, 0.6) is 0 Å². The van der Waals surface area contributed by atoms with Gasteiger partial charge in [-0.2, -0.15) is 0 Å². The van der Waals surface area contributed by atoms with E-state index in [2.05, 4.69) is 5.32 Å². The zero-order valence-corrected chi connectivity index (χ0v) is 12.7. The molecule has 1 heterocycles. The summed E-state index contributed by atoms with van der Waals surface area (Å²) in [7, 11) is 0. The zero-order valence-electron chi connectivity index (χ0n) is 12.7. The molecule has 1 aromatic carbocycles. The number of hydrogen-bond acceptors (Lipinski definition) is 4. The summed E-state index contributed by atoms with van der Waals surface area (Å²) in [6, 6.07) is 10.5. The lowest BCUT2D eigenvalue weighted by molar-refractivity contribution is 0.0697. The van der Waals surface area contributed by atoms with E-state index in [1.807, 2.05) is 19.1 Å². The van der Waals surface area contributed by atoms with E-state index in [-0.39, 0.29) is 5.56 Å². The van der Waals surface area contributed by atoms with Crippen LogP contribution >= 0.6 is 0 Å². The van der Waals surface area contributed by atoms with Crippen LogP contribution in [0.2, 0.25) is 0 Å². The van der Waals surface area contributed by atoms with Gasteiger partial charge < -0.3 is 19.6 Å². The Morgan fingerprint density at radius 1 is 1.23 bits per heavy atom. The topological polar surface area (TPSA) is 71.7 Å². The number of hydrogen-bond donors (Lipinski definition) is 2. The van der Waals surface area contributed by atoms with Crippen molar-refractivity contribution >= 4 is 5.97 Å². The van der Waals surface area contributed by atoms with Crippen molar-refractivity contribution in [3.63, 3.8) is 0 Å². The molecule has 118 valence electrons. The summed E-state index contributed by atoms with van der Waals surface area (Å²) in [5.74, 6) is 0.666. The quantitative estimate of drug-likeness (QED) is 0.696. The second kappa shape index (κ2) is 8.36. The van der Waals surface area contributed by atoms with E-state index in [1.54, 1.807) is 24.3 Å². The third-order valence-corrected chi connectivity index (χ3v) is 3.22. The molecule has 0 amide bonds. The lowest BCUT2D eigenvalue weighted by Gasteiger charge is -2.03. The molecule has 0 fully saturated rings. The van der Waals surface area contributed by atoms with Crippen molar-refractivity contribution in [1.29, 1.82) is 0 Å². The zero-order chi connectivity index (χ0) is 15.8. The molecule has 2 aromatic rings. The largest absolute Gasteiger partial charge is 0.478 e. The van der Waals surface area contributed by atoms with Crippen molar-refractivity contribution in [2.45, 2.75) is 19.9 Å². The number of carboxylic acids is 1. The SMILES string of the molecule is CCOCCCNCc1ccc(-c2ccc(C(=O)O)cc2)o1. The van der Waals surface area contributed by atoms with Gasteiger partial charge in [-0.25, -0.2) is 4.79 Å². The fourth-order valence-electron chi connectivity index (χ4n) is 2.06. The van der Waals surface area contributed by atoms with Crippen LogP contribution in [0.4, 0.5) is 0 Å². The minimum Gasteiger partial charge on any atom is -0.478 e. The average Bonchev–Trinajstić information content (AvgIpc) is 3.00. The van der Waals surface area contributed by atoms with E-state index in [0.29, 0.717) is 6.54 Å². The summed E-state index contributed by atoms with van der Waals surface area (Å²) >= 11 is 0. The van der Waals surface area contributed by atoms with Crippen molar-refractivity contribution in [2.24, 2.45) is 0 Å². The molecule has 0 radical (unpaired) electrons. The third-order valence-electron chi connectivity index (χ3n) is 3.22. The summed E-state index contributed by atoms with van der Waals surface area (Å²) < 4.78 is 11.0. The summed E-state index contributed by atoms with van der Waals surface area (Å²) in [6.07, 6.45) is 0.970. The Bertz CT molecular complexity index is 589. The molecule has 22 heavy (non-hydrogen) atoms. The van der Waals surface area contributed by atoms with E-state index >= 15 is 0 Å². The van der Waals surface area contributed by atoms with Crippen LogP contribution in [0.25, 0.3) is 11.3 Å². The predicted molar refractivity (Wildman–Crippen MR) is 83.9 cm³/mol. The molecule has 0 bridgehead atoms. The fourth-order valence-corrected chi connectivity index (χ4v) is 2.06. The van der Waals surface area contributed by atoms with Crippen LogP contribution in [0.1, 0.15) is 29.5 Å². The van der Waals surface area contributed by atoms with Gasteiger partial charge in [-0.05, 0) is 44.2 Å². The van der Waals surface area contributed by atoms with Crippen molar-refractivity contribution in [2.75, 3.05) is 19.8 Å². The highest BCUT2D eigenvalue weighted by molar-refractivity contribution is 5.88. The Kier molecular flexibility index (Phi) is 6.18. The molecule has 0 saturated carbocycles. The second-order valence-electron chi connectivity index (χ2n) is 4.88. The van der Waals surface area contributed by atoms with Crippen LogP contribution < -0.4 is 5.32 Å². The van der Waals surface area contributed by atoms with Gasteiger partial charge in [-0.1, -0.05) is 12.1 Å². The van der Waals surface area contributed by atoms with Gasteiger partial charge in [0.25, 0.3) is 0 Å². The number of benzene rings is 1. The van der Waals surface area contributed by atoms with Crippen LogP contribution in [-0.2, 0) is 11.3 Å². The molecule has 0 aliphatic carbocycles. The highest BCUT2D eigenvalue weighted by atomic mass is 16.5. The molecule has 0 spiro atoms. The van der Waals surface area contributed by atoms with Crippen molar-refractivity contribution in [1.82, 2.24) is 5.32 Å². The van der Waals surface area contributed by atoms with Crippen molar-refractivity contribution < 1.29 is 19.1 Å². The third kappa shape index (κ3) is 4.72. The molecular weight excluding hydrogens is 282 g/mol. The van der Waals surface area contributed by atoms with Gasteiger partial charge in [0.15, 0.2) is 0 Å². The average molecular weight is 303 g/mol. The molecule has 2 N–H and O–H groups in total. The van der Waals surface area contributed by atoms with Gasteiger partial charge in [-0.15, -0.1) is 0 Å². The monoisotopic (exact) mass is 303 g/mol. The molecule has 0 aliphatic heterocycles. The Morgan fingerprint density at radius 3 is 2.68 bits per heavy atom. The first-order valence-corrected chi connectivity index (χ1v) is 7.41. The van der Waals surface area contributed by atoms with Gasteiger partial charge >= 0.3 is 5.97 Å². The molecule has 0 aliphatic rings. The number of aromatic carboxylic acids is 1. The van der Waals surface area contributed by atoms with Gasteiger partial charge in [0.1, 0.15) is 11.5 Å². The molecule has 5 nitrogen and oxygen atoms in total. The minimum absolute atomic E-state index is 0.270. The summed E-state index contributed by atoms with van der Waals surface area (Å²) in [5.41, 5.74) is 1.14. The van der Waals surface area contributed by atoms with E-state index in [4.69, 9.17) is 14.3 Å². The maximum atomic E-state index is 10.8. The summed E-state index contributed by atoms with van der Waals surface area (Å²) in [6.45, 7) is 5.05. The lowest BCUT2D eigenvalue weighted by atomic mass is 10.1. The number of rotatable bonds is 9. The Morgan fingerprint density at radius 2 is 2.00 bits per heavy atom. The maximum Gasteiger partial charge on any atom is 0.335 e. The van der Waals surface area contributed by atoms with E-state index in [9.17, 15) is 4.79 Å². The first kappa shape index (κ1) is 16.3. The van der Waals surface area contributed by atoms with Gasteiger partial charge in [0, 0.05) is 18.8 Å². The highest BCUT2D eigenvalue weighted by Crippen LogP contribution is 2.22. The number of carbonyl (C=O) groups is 1. The lowest BCUT2D eigenvalue weighted by Crippen LogP contribution is -2.15. The van der Waals surface area contributed by atoms with Crippen LogP contribution in [0.15, 0.2) is 40.8 Å². The molecular formula is C17H21NO4. The summed E-state index contributed by atoms with van der Waals surface area (Å²) in [4.78, 5) is 10.8. The molecule has 2 rings (SSSR count). The molecule has 0 unspecified atom stereocenters. The number of ether oxygens (including phenoxy) is 1. The van der Waals surface area contributed by atoms with Crippen LogP contribution in [-0.4, -0.2) is 30.8 Å². The van der Waals surface area contributed by atoms with Crippen LogP contribution in [0, 0.1) is 0 Å². The number of carboxylic acid groups (broad SMARTS) is 1. The van der Waals surface area contributed by atoms with Gasteiger partial charge in [-0.3, -0.25) is 0 Å². The first-order valence-electron chi connectivity index (χ1n) is 7.41. The van der Waals surface area contributed by atoms with E-state index in [1.165, 1.54) is 0 Å². The minimum atomic E-state index is -0.928. The molecule has 1 aromatic heterocycles. The van der Waals surface area contributed by atoms with E-state index < -0.39 is 5.97 Å². The van der Waals surface area contributed by atoms with E-state index in [0.717, 1.165) is 43.3 Å². The Labute approximate surface area is 129 Å². The Hall–Kier alpha value is -2.11. The van der Waals surface area contributed by atoms with Crippen molar-refractivity contribution in [3.8, 4) is 11.3 Å². The van der Waals surface area contributed by atoms with Crippen LogP contribution in [0.3, 0.4) is 0 Å². The van der Waals surface area contributed by atoms with Crippen molar-refractivity contribution in [3.05, 3.63) is 47.7 Å². The standard InChI is InChI=1S/C17H21NO4/c1-2-21-11-3-10-18-12-15-8-9-16(22-15)13-4-6-14(7-5-13)17(19)20/h4-9,18H,2-3,10-12H2,1H3,(H,19,20). The maximum absolute atomic E-state index is 10.8. The Balaban J connectivity index is 1.84. The smallest absolute Gasteiger partial charge is 0.335 e. The number of nitrogens with one attached hydrogen (secondary N) is 1. The first-order chi connectivity index (χ1) is 10.7. The molecule has 5 heteroatoms. The highest BCUT2D eigenvalue weighted by Gasteiger charge is 2.07. The predicted octanol–water partition coefficient (Wildman–Crippen LogP) is 3.16. The molecule has 0 atom stereocenters. The normalized spacial score (nSPS) is 10.8. The van der Waals surface area contributed by atoms with Gasteiger partial charge in [0.05, 0.1) is 12.1 Å².